The van der Waals surface area contributed by atoms with Gasteiger partial charge in [-0.3, -0.25) is 0 Å². The molecule has 60 valence electrons. The number of hydrogen-bond donors (Lipinski definition) is 0. The molecule has 0 radical (unpaired) electrons. The second-order valence-corrected chi connectivity index (χ2v) is 2.69. The van der Waals surface area contributed by atoms with Crippen molar-refractivity contribution in [2.24, 2.45) is 0 Å². The van der Waals surface area contributed by atoms with Crippen LogP contribution in [-0.2, 0) is 9.53 Å². The van der Waals surface area contributed by atoms with Gasteiger partial charge in [0.05, 0.1) is 7.11 Å². The Morgan fingerprint density at radius 1 is 1.73 bits per heavy atom. The van der Waals surface area contributed by atoms with Crippen molar-refractivity contribution in [3.05, 3.63) is 23.8 Å². The van der Waals surface area contributed by atoms with Gasteiger partial charge in [-0.2, -0.15) is 0 Å². The minimum Gasteiger partial charge on any atom is -0.466 e. The number of rotatable bonds is 1. The Kier molecular flexibility index (Phi) is 2.47. The average Bonchev–Trinajstić information content (AvgIpc) is 2.03. The Bertz CT molecular complexity index is 214. The third-order valence-corrected chi connectivity index (χ3v) is 1.78. The fourth-order valence-corrected chi connectivity index (χ4v) is 1.17. The van der Waals surface area contributed by atoms with Crippen molar-refractivity contribution in [1.29, 1.82) is 0 Å². The number of carbonyl (C=O) groups excluding carboxylic acids is 1. The lowest BCUT2D eigenvalue weighted by Crippen LogP contribution is -2.08. The molecule has 0 atom stereocenters. The van der Waals surface area contributed by atoms with E-state index in [0.29, 0.717) is 6.42 Å². The number of methoxy groups -OCH3 is 1. The first-order chi connectivity index (χ1) is 5.24. The zero-order valence-electron chi connectivity index (χ0n) is 6.72. The second-order valence-electron chi connectivity index (χ2n) is 2.69. The molecule has 0 heterocycles. The van der Waals surface area contributed by atoms with Crippen LogP contribution in [0, 0.1) is 0 Å². The molecule has 1 aliphatic carbocycles. The predicted octanol–water partition coefficient (Wildman–Crippen LogP) is 1.83. The van der Waals surface area contributed by atoms with Gasteiger partial charge in [0, 0.05) is 5.57 Å². The number of carbonyl (C=O) groups is 1. The van der Waals surface area contributed by atoms with Gasteiger partial charge in [-0.15, -0.1) is 0 Å². The van der Waals surface area contributed by atoms with E-state index >= 15 is 0 Å². The summed E-state index contributed by atoms with van der Waals surface area (Å²) in [6.45, 7) is 3.83. The maximum absolute atomic E-state index is 11.0. The van der Waals surface area contributed by atoms with Crippen LogP contribution in [0.1, 0.15) is 19.3 Å². The van der Waals surface area contributed by atoms with Gasteiger partial charge >= 0.3 is 5.97 Å². The molecule has 1 aliphatic rings. The van der Waals surface area contributed by atoms with Crippen molar-refractivity contribution in [3.63, 3.8) is 0 Å². The standard InChI is InChI=1S/C9H12O2/c1-7-4-3-5-8(6-7)9(10)11-2/h5H,1,3-4,6H2,2H3. The van der Waals surface area contributed by atoms with E-state index in [0.717, 1.165) is 24.0 Å². The summed E-state index contributed by atoms with van der Waals surface area (Å²) in [7, 11) is 1.40. The number of esters is 1. The van der Waals surface area contributed by atoms with Crippen molar-refractivity contribution in [2.45, 2.75) is 19.3 Å². The van der Waals surface area contributed by atoms with E-state index < -0.39 is 0 Å². The molecule has 0 aromatic rings. The number of allylic oxidation sites excluding steroid dienone is 2. The Hall–Kier alpha value is -1.05. The minimum absolute atomic E-state index is 0.217. The molecule has 0 saturated carbocycles. The monoisotopic (exact) mass is 152 g/mol. The molecule has 0 fully saturated rings. The van der Waals surface area contributed by atoms with Crippen LogP contribution in [0.15, 0.2) is 23.8 Å². The normalized spacial score (nSPS) is 17.5. The maximum Gasteiger partial charge on any atom is 0.333 e. The van der Waals surface area contributed by atoms with Crippen LogP contribution in [0.5, 0.6) is 0 Å². The van der Waals surface area contributed by atoms with Crippen LogP contribution in [-0.4, -0.2) is 13.1 Å². The topological polar surface area (TPSA) is 26.3 Å². The minimum atomic E-state index is -0.217. The lowest BCUT2D eigenvalue weighted by Gasteiger charge is -2.12. The summed E-state index contributed by atoms with van der Waals surface area (Å²) < 4.78 is 4.59. The average molecular weight is 152 g/mol. The van der Waals surface area contributed by atoms with Crippen LogP contribution < -0.4 is 0 Å². The van der Waals surface area contributed by atoms with Crippen molar-refractivity contribution < 1.29 is 9.53 Å². The lowest BCUT2D eigenvalue weighted by molar-refractivity contribution is -0.136. The van der Waals surface area contributed by atoms with E-state index in [1.54, 1.807) is 0 Å². The molecule has 1 rings (SSSR count). The highest BCUT2D eigenvalue weighted by Gasteiger charge is 2.13. The van der Waals surface area contributed by atoms with Gasteiger partial charge in [-0.25, -0.2) is 4.79 Å². The van der Waals surface area contributed by atoms with Crippen molar-refractivity contribution >= 4 is 5.97 Å². The van der Waals surface area contributed by atoms with Crippen LogP contribution in [0.3, 0.4) is 0 Å². The van der Waals surface area contributed by atoms with Crippen LogP contribution in [0.25, 0.3) is 0 Å². The second kappa shape index (κ2) is 3.37. The molecule has 0 spiro atoms. The quantitative estimate of drug-likeness (QED) is 0.423. The summed E-state index contributed by atoms with van der Waals surface area (Å²) >= 11 is 0. The summed E-state index contributed by atoms with van der Waals surface area (Å²) in [5.41, 5.74) is 1.87. The van der Waals surface area contributed by atoms with Crippen LogP contribution in [0.4, 0.5) is 0 Å². The Morgan fingerprint density at radius 3 is 3.00 bits per heavy atom. The first kappa shape index (κ1) is 8.05. The van der Waals surface area contributed by atoms with E-state index in [9.17, 15) is 4.79 Å². The molecule has 0 unspecified atom stereocenters. The van der Waals surface area contributed by atoms with Crippen molar-refractivity contribution in [2.75, 3.05) is 7.11 Å². The summed E-state index contributed by atoms with van der Waals surface area (Å²) in [5.74, 6) is -0.217. The lowest BCUT2D eigenvalue weighted by atomic mass is 9.96. The zero-order chi connectivity index (χ0) is 8.27. The van der Waals surface area contributed by atoms with E-state index in [4.69, 9.17) is 0 Å². The fourth-order valence-electron chi connectivity index (χ4n) is 1.17. The molecule has 0 bridgehead atoms. The SMILES string of the molecule is C=C1CCC=C(C(=O)OC)C1. The summed E-state index contributed by atoms with van der Waals surface area (Å²) in [6.07, 6.45) is 4.54. The third-order valence-electron chi connectivity index (χ3n) is 1.78. The number of hydrogen-bond acceptors (Lipinski definition) is 2. The Balaban J connectivity index is 2.65. The molecule has 2 heteroatoms. The fraction of sp³-hybridized carbons (Fsp3) is 0.444. The molecule has 0 aliphatic heterocycles. The molecule has 2 nitrogen and oxygen atoms in total. The van der Waals surface area contributed by atoms with E-state index in [2.05, 4.69) is 11.3 Å². The van der Waals surface area contributed by atoms with E-state index in [-0.39, 0.29) is 5.97 Å². The van der Waals surface area contributed by atoms with Gasteiger partial charge in [0.25, 0.3) is 0 Å². The van der Waals surface area contributed by atoms with Crippen LogP contribution >= 0.6 is 0 Å². The molecule has 0 aromatic heterocycles. The smallest absolute Gasteiger partial charge is 0.333 e. The molecule has 0 saturated heterocycles. The maximum atomic E-state index is 11.0. The summed E-state index contributed by atoms with van der Waals surface area (Å²) in [4.78, 5) is 11.0. The van der Waals surface area contributed by atoms with Crippen molar-refractivity contribution in [3.8, 4) is 0 Å². The van der Waals surface area contributed by atoms with Crippen molar-refractivity contribution in [1.82, 2.24) is 0 Å². The Labute approximate surface area is 66.5 Å². The zero-order valence-corrected chi connectivity index (χ0v) is 6.72. The first-order valence-electron chi connectivity index (χ1n) is 3.68. The first-order valence-corrected chi connectivity index (χ1v) is 3.68. The van der Waals surface area contributed by atoms with Gasteiger partial charge in [0.1, 0.15) is 0 Å². The van der Waals surface area contributed by atoms with Gasteiger partial charge in [0.15, 0.2) is 0 Å². The van der Waals surface area contributed by atoms with Gasteiger partial charge in [-0.1, -0.05) is 18.2 Å². The molecule has 0 N–H and O–H groups in total. The molecular weight excluding hydrogens is 140 g/mol. The third kappa shape index (κ3) is 1.93. The number of ether oxygens (including phenoxy) is 1. The van der Waals surface area contributed by atoms with E-state index in [1.807, 2.05) is 6.08 Å². The molecular formula is C9H12O2. The predicted molar refractivity (Wildman–Crippen MR) is 43.1 cm³/mol. The summed E-state index contributed by atoms with van der Waals surface area (Å²) in [5, 5.41) is 0. The van der Waals surface area contributed by atoms with Crippen LogP contribution in [0.2, 0.25) is 0 Å². The van der Waals surface area contributed by atoms with E-state index in [1.165, 1.54) is 7.11 Å². The molecule has 11 heavy (non-hydrogen) atoms. The highest BCUT2D eigenvalue weighted by Crippen LogP contribution is 2.22. The van der Waals surface area contributed by atoms with Gasteiger partial charge in [-0.05, 0) is 19.3 Å². The molecule has 0 aromatic carbocycles. The highest BCUT2D eigenvalue weighted by atomic mass is 16.5. The summed E-state index contributed by atoms with van der Waals surface area (Å²) in [6, 6.07) is 0. The Morgan fingerprint density at radius 2 is 2.45 bits per heavy atom. The van der Waals surface area contributed by atoms with Gasteiger partial charge < -0.3 is 4.74 Å². The molecule has 0 amide bonds. The van der Waals surface area contributed by atoms with Gasteiger partial charge in [0.2, 0.25) is 0 Å². The largest absolute Gasteiger partial charge is 0.466 e. The highest BCUT2D eigenvalue weighted by molar-refractivity contribution is 5.89.